The predicted octanol–water partition coefficient (Wildman–Crippen LogP) is 2.63. The van der Waals surface area contributed by atoms with Crippen LogP contribution in [0.3, 0.4) is 0 Å². The molecule has 3 rings (SSSR count). The second-order valence-electron chi connectivity index (χ2n) is 6.33. The largest absolute Gasteiger partial charge is 0.481 e. The van der Waals surface area contributed by atoms with Gasteiger partial charge in [-0.3, -0.25) is 14.5 Å². The van der Waals surface area contributed by atoms with Crippen molar-refractivity contribution in [1.29, 1.82) is 0 Å². The van der Waals surface area contributed by atoms with Gasteiger partial charge in [0.2, 0.25) is 5.91 Å². The molecule has 1 atom stereocenters. The molecule has 132 valence electrons. The molecule has 0 fully saturated rings. The minimum Gasteiger partial charge on any atom is -0.481 e. The average Bonchev–Trinajstić information content (AvgIpc) is 3.08. The Balaban J connectivity index is 1.79. The van der Waals surface area contributed by atoms with Crippen LogP contribution in [0.25, 0.3) is 0 Å². The van der Waals surface area contributed by atoms with Crippen molar-refractivity contribution in [2.75, 3.05) is 26.7 Å². The summed E-state index contributed by atoms with van der Waals surface area (Å²) in [6.45, 7) is 1.30. The van der Waals surface area contributed by atoms with Gasteiger partial charge in [-0.15, -0.1) is 11.3 Å². The molecule has 25 heavy (non-hydrogen) atoms. The summed E-state index contributed by atoms with van der Waals surface area (Å²) >= 11 is 1.75. The summed E-state index contributed by atoms with van der Waals surface area (Å²) in [5.74, 6) is -0.805. The van der Waals surface area contributed by atoms with Gasteiger partial charge >= 0.3 is 5.97 Å². The molecule has 0 saturated heterocycles. The number of thiophene rings is 1. The van der Waals surface area contributed by atoms with E-state index in [1.165, 1.54) is 10.4 Å². The van der Waals surface area contributed by atoms with Crippen molar-refractivity contribution < 1.29 is 14.7 Å². The number of carbonyl (C=O) groups excluding carboxylic acids is 1. The van der Waals surface area contributed by atoms with Crippen LogP contribution in [0.2, 0.25) is 0 Å². The van der Waals surface area contributed by atoms with Crippen molar-refractivity contribution in [2.45, 2.75) is 18.9 Å². The number of carbonyl (C=O) groups is 2. The van der Waals surface area contributed by atoms with E-state index in [2.05, 4.69) is 23.6 Å². The molecule has 2 heterocycles. The number of likely N-dealkylation sites (N-methyl/N-ethyl adjacent to an activating group) is 1. The Morgan fingerprint density at radius 2 is 2.04 bits per heavy atom. The summed E-state index contributed by atoms with van der Waals surface area (Å²) in [7, 11) is 1.79. The number of rotatable bonds is 6. The maximum absolute atomic E-state index is 12.9. The molecule has 1 aliphatic heterocycles. The highest BCUT2D eigenvalue weighted by atomic mass is 32.1. The van der Waals surface area contributed by atoms with Gasteiger partial charge < -0.3 is 10.0 Å². The molecular formula is C19H22N2O3S. The van der Waals surface area contributed by atoms with Crippen molar-refractivity contribution >= 4 is 23.2 Å². The minimum atomic E-state index is -0.845. The zero-order valence-electron chi connectivity index (χ0n) is 14.2. The maximum Gasteiger partial charge on any atom is 0.304 e. The Kier molecular flexibility index (Phi) is 5.50. The summed E-state index contributed by atoms with van der Waals surface area (Å²) in [6.07, 6.45) is 0.918. The molecule has 0 bridgehead atoms. The highest BCUT2D eigenvalue weighted by Gasteiger charge is 2.32. The summed E-state index contributed by atoms with van der Waals surface area (Å²) in [4.78, 5) is 28.7. The molecule has 1 N–H and O–H groups in total. The van der Waals surface area contributed by atoms with E-state index in [1.807, 2.05) is 23.1 Å². The average molecular weight is 358 g/mol. The van der Waals surface area contributed by atoms with E-state index < -0.39 is 5.97 Å². The van der Waals surface area contributed by atoms with Gasteiger partial charge in [-0.25, -0.2) is 0 Å². The Morgan fingerprint density at radius 3 is 2.76 bits per heavy atom. The number of benzene rings is 1. The number of carboxylic acids is 1. The van der Waals surface area contributed by atoms with Crippen LogP contribution in [0.1, 0.15) is 28.5 Å². The molecule has 1 unspecified atom stereocenters. The molecular weight excluding hydrogens is 336 g/mol. The van der Waals surface area contributed by atoms with Gasteiger partial charge in [-0.05, 0) is 36.0 Å². The van der Waals surface area contributed by atoms with Gasteiger partial charge in [0.25, 0.3) is 0 Å². The van der Waals surface area contributed by atoms with Gasteiger partial charge in [0.05, 0.1) is 19.0 Å². The van der Waals surface area contributed by atoms with Gasteiger partial charge in [0, 0.05) is 18.0 Å². The third-order valence-corrected chi connectivity index (χ3v) is 5.51. The van der Waals surface area contributed by atoms with Gasteiger partial charge in [0.1, 0.15) is 0 Å². The van der Waals surface area contributed by atoms with Crippen LogP contribution in [0, 0.1) is 0 Å². The van der Waals surface area contributed by atoms with Crippen molar-refractivity contribution in [3.05, 3.63) is 57.8 Å². The topological polar surface area (TPSA) is 60.9 Å². The fourth-order valence-electron chi connectivity index (χ4n) is 3.27. The summed E-state index contributed by atoms with van der Waals surface area (Å²) < 4.78 is 0. The van der Waals surface area contributed by atoms with Gasteiger partial charge in [0.15, 0.2) is 0 Å². The minimum absolute atomic E-state index is 0.0404. The fraction of sp³-hybridized carbons (Fsp3) is 0.368. The molecule has 6 heteroatoms. The zero-order chi connectivity index (χ0) is 17.8. The molecule has 0 aliphatic carbocycles. The quantitative estimate of drug-likeness (QED) is 0.862. The maximum atomic E-state index is 12.9. The highest BCUT2D eigenvalue weighted by molar-refractivity contribution is 7.10. The summed E-state index contributed by atoms with van der Waals surface area (Å²) in [6, 6.07) is 12.2. The highest BCUT2D eigenvalue weighted by Crippen LogP contribution is 2.37. The van der Waals surface area contributed by atoms with Crippen molar-refractivity contribution in [3.8, 4) is 0 Å². The lowest BCUT2D eigenvalue weighted by atomic mass is 9.93. The molecule has 0 radical (unpaired) electrons. The first-order valence-electron chi connectivity index (χ1n) is 8.37. The lowest BCUT2D eigenvalue weighted by Gasteiger charge is -2.37. The lowest BCUT2D eigenvalue weighted by molar-refractivity contribution is -0.139. The summed E-state index contributed by atoms with van der Waals surface area (Å²) in [5.41, 5.74) is 2.33. The first kappa shape index (κ1) is 17.6. The second kappa shape index (κ2) is 7.80. The van der Waals surface area contributed by atoms with Crippen LogP contribution in [0.5, 0.6) is 0 Å². The van der Waals surface area contributed by atoms with Crippen LogP contribution in [0.4, 0.5) is 0 Å². The van der Waals surface area contributed by atoms with Crippen molar-refractivity contribution in [3.63, 3.8) is 0 Å². The third-order valence-electron chi connectivity index (χ3n) is 4.51. The van der Waals surface area contributed by atoms with Crippen molar-refractivity contribution in [2.24, 2.45) is 0 Å². The standard InChI is InChI=1S/C19H22N2O3S/c1-20(10-8-18(23)24)13-17(22)21-11-7-16-15(9-12-25-16)19(21)14-5-3-2-4-6-14/h2-6,9,12,19H,7-8,10-11,13H2,1H3,(H,23,24). The molecule has 0 spiro atoms. The number of nitrogens with zero attached hydrogens (tertiary/aromatic N) is 2. The Hall–Kier alpha value is -2.18. The number of fused-ring (bicyclic) bond motifs is 1. The first-order valence-corrected chi connectivity index (χ1v) is 9.25. The van der Waals surface area contributed by atoms with Crippen LogP contribution in [-0.2, 0) is 16.0 Å². The fourth-order valence-corrected chi connectivity index (χ4v) is 4.17. The van der Waals surface area contributed by atoms with E-state index in [4.69, 9.17) is 5.11 Å². The molecule has 1 aliphatic rings. The van der Waals surface area contributed by atoms with Crippen LogP contribution < -0.4 is 0 Å². The summed E-state index contributed by atoms with van der Waals surface area (Å²) in [5, 5.41) is 10.9. The molecule has 0 saturated carbocycles. The van der Waals surface area contributed by atoms with E-state index >= 15 is 0 Å². The predicted molar refractivity (Wildman–Crippen MR) is 97.8 cm³/mol. The molecule has 2 aromatic rings. The van der Waals surface area contributed by atoms with E-state index in [9.17, 15) is 9.59 Å². The number of hydrogen-bond acceptors (Lipinski definition) is 4. The molecule has 5 nitrogen and oxygen atoms in total. The van der Waals surface area contributed by atoms with E-state index in [0.717, 1.165) is 12.0 Å². The molecule has 1 amide bonds. The first-order chi connectivity index (χ1) is 12.1. The number of hydrogen-bond donors (Lipinski definition) is 1. The molecule has 1 aromatic carbocycles. The monoisotopic (exact) mass is 358 g/mol. The van der Waals surface area contributed by atoms with E-state index in [0.29, 0.717) is 13.1 Å². The Morgan fingerprint density at radius 1 is 1.28 bits per heavy atom. The lowest BCUT2D eigenvalue weighted by Crippen LogP contribution is -2.44. The van der Waals surface area contributed by atoms with E-state index in [-0.39, 0.29) is 24.9 Å². The molecule has 1 aromatic heterocycles. The smallest absolute Gasteiger partial charge is 0.304 e. The van der Waals surface area contributed by atoms with E-state index in [1.54, 1.807) is 23.3 Å². The number of carboxylic acid groups (broad SMARTS) is 1. The van der Waals surface area contributed by atoms with Crippen molar-refractivity contribution in [1.82, 2.24) is 9.80 Å². The normalized spacial score (nSPS) is 16.7. The van der Waals surface area contributed by atoms with Crippen LogP contribution in [-0.4, -0.2) is 53.5 Å². The Bertz CT molecular complexity index is 744. The SMILES string of the molecule is CN(CCC(=O)O)CC(=O)N1CCc2sccc2C1c1ccccc1. The second-order valence-corrected chi connectivity index (χ2v) is 7.33. The van der Waals surface area contributed by atoms with Crippen LogP contribution >= 0.6 is 11.3 Å². The Labute approximate surface area is 151 Å². The van der Waals surface area contributed by atoms with Gasteiger partial charge in [-0.2, -0.15) is 0 Å². The van der Waals surface area contributed by atoms with Crippen LogP contribution in [0.15, 0.2) is 41.8 Å². The van der Waals surface area contributed by atoms with Gasteiger partial charge in [-0.1, -0.05) is 30.3 Å². The third kappa shape index (κ3) is 4.08. The number of aliphatic carboxylic acids is 1. The number of amides is 1. The zero-order valence-corrected chi connectivity index (χ0v) is 15.0.